The molecule has 0 aliphatic rings. The molecule has 0 saturated heterocycles. The van der Waals surface area contributed by atoms with Crippen LogP contribution in [0.5, 0.6) is 0 Å². The van der Waals surface area contributed by atoms with E-state index in [1.54, 1.807) is 0 Å². The molecule has 2 nitrogen and oxygen atoms in total. The molecule has 0 bridgehead atoms. The van der Waals surface area contributed by atoms with Gasteiger partial charge in [0.1, 0.15) is 0 Å². The van der Waals surface area contributed by atoms with Crippen LogP contribution in [-0.4, -0.2) is 12.6 Å². The highest BCUT2D eigenvalue weighted by molar-refractivity contribution is 5.69. The first-order chi connectivity index (χ1) is 18.8. The summed E-state index contributed by atoms with van der Waals surface area (Å²) >= 11 is 0. The van der Waals surface area contributed by atoms with Crippen LogP contribution in [0.4, 0.5) is 0 Å². The van der Waals surface area contributed by atoms with E-state index in [4.69, 9.17) is 4.74 Å². The Labute approximate surface area is 239 Å². The summed E-state index contributed by atoms with van der Waals surface area (Å²) in [4.78, 5) is 11.9. The summed E-state index contributed by atoms with van der Waals surface area (Å²) in [7, 11) is 0. The number of carbonyl (C=O) groups is 1. The number of rotatable bonds is 30. The summed E-state index contributed by atoms with van der Waals surface area (Å²) in [6.07, 6.45) is 46.2. The third kappa shape index (κ3) is 32.7. The highest BCUT2D eigenvalue weighted by Gasteiger charge is 2.02. The Kier molecular flexibility index (Phi) is 32.6. The smallest absolute Gasteiger partial charge is 0.305 e. The van der Waals surface area contributed by atoms with E-state index in [0.29, 0.717) is 13.0 Å². The van der Waals surface area contributed by atoms with Crippen molar-refractivity contribution < 1.29 is 9.53 Å². The van der Waals surface area contributed by atoms with Gasteiger partial charge in [0.2, 0.25) is 0 Å². The third-order valence-electron chi connectivity index (χ3n) is 7.25. The predicted octanol–water partition coefficient (Wildman–Crippen LogP) is 12.4. The molecule has 0 aliphatic heterocycles. The van der Waals surface area contributed by atoms with Gasteiger partial charge in [-0.25, -0.2) is 0 Å². The lowest BCUT2D eigenvalue weighted by atomic mass is 10.1. The Balaban J connectivity index is 3.25. The van der Waals surface area contributed by atoms with Gasteiger partial charge in [-0.1, -0.05) is 140 Å². The maximum atomic E-state index is 11.9. The van der Waals surface area contributed by atoms with Gasteiger partial charge in [-0.15, -0.1) is 0 Å². The van der Waals surface area contributed by atoms with Crippen LogP contribution in [0.25, 0.3) is 0 Å². The predicted molar refractivity (Wildman–Crippen MR) is 170 cm³/mol. The molecule has 0 radical (unpaired) electrons. The second kappa shape index (κ2) is 33.7. The highest BCUT2D eigenvalue weighted by Crippen LogP contribution is 2.12. The average molecular weight is 531 g/mol. The summed E-state index contributed by atoms with van der Waals surface area (Å²) in [5.74, 6) is 0.00840. The van der Waals surface area contributed by atoms with Crippen molar-refractivity contribution in [1.82, 2.24) is 0 Å². The van der Waals surface area contributed by atoms with Gasteiger partial charge in [-0.05, 0) is 70.6 Å². The van der Waals surface area contributed by atoms with Crippen LogP contribution in [0.1, 0.15) is 181 Å². The molecule has 0 aromatic heterocycles. The second-order valence-electron chi connectivity index (χ2n) is 11.1. The molecule has 0 spiro atoms. The van der Waals surface area contributed by atoms with Crippen molar-refractivity contribution in [1.29, 1.82) is 0 Å². The van der Waals surface area contributed by atoms with Gasteiger partial charge in [0.05, 0.1) is 6.61 Å². The van der Waals surface area contributed by atoms with Gasteiger partial charge in [0.15, 0.2) is 0 Å². The average Bonchev–Trinajstić information content (AvgIpc) is 2.92. The van der Waals surface area contributed by atoms with Gasteiger partial charge in [0.25, 0.3) is 0 Å². The molecule has 0 fully saturated rings. The molecular weight excluding hydrogens is 464 g/mol. The van der Waals surface area contributed by atoms with Crippen molar-refractivity contribution in [2.45, 2.75) is 181 Å². The monoisotopic (exact) mass is 531 g/mol. The molecule has 0 aromatic carbocycles. The molecule has 0 atom stereocenters. The summed E-state index contributed by atoms with van der Waals surface area (Å²) < 4.78 is 5.42. The molecule has 38 heavy (non-hydrogen) atoms. The topological polar surface area (TPSA) is 26.3 Å². The van der Waals surface area contributed by atoms with Crippen LogP contribution in [0.15, 0.2) is 36.5 Å². The first-order valence-corrected chi connectivity index (χ1v) is 16.9. The Morgan fingerprint density at radius 3 is 1.34 bits per heavy atom. The molecule has 0 saturated carbocycles. The fourth-order valence-corrected chi connectivity index (χ4v) is 4.69. The minimum atomic E-state index is 0.00840. The molecule has 2 heteroatoms. The Morgan fingerprint density at radius 2 is 0.816 bits per heavy atom. The molecule has 0 N–H and O–H groups in total. The van der Waals surface area contributed by atoms with Crippen molar-refractivity contribution in [2.24, 2.45) is 0 Å². The van der Waals surface area contributed by atoms with Crippen LogP contribution in [0.2, 0.25) is 0 Å². The lowest BCUT2D eigenvalue weighted by molar-refractivity contribution is -0.143. The van der Waals surface area contributed by atoms with Crippen molar-refractivity contribution in [3.8, 4) is 0 Å². The largest absolute Gasteiger partial charge is 0.466 e. The maximum absolute atomic E-state index is 11.9. The Bertz CT molecular complexity index is 546. The number of hydrogen-bond acceptors (Lipinski definition) is 2. The maximum Gasteiger partial charge on any atom is 0.305 e. The number of hydrogen-bond donors (Lipinski definition) is 0. The van der Waals surface area contributed by atoms with E-state index >= 15 is 0 Å². The zero-order chi connectivity index (χ0) is 27.6. The van der Waals surface area contributed by atoms with Gasteiger partial charge >= 0.3 is 5.97 Å². The van der Waals surface area contributed by atoms with Gasteiger partial charge < -0.3 is 4.74 Å². The van der Waals surface area contributed by atoms with Crippen molar-refractivity contribution in [2.75, 3.05) is 6.61 Å². The van der Waals surface area contributed by atoms with Crippen LogP contribution in [0, 0.1) is 0 Å². The standard InChI is InChI=1S/C36H66O2/c1-3-5-7-9-11-13-15-17-19-21-23-25-27-29-31-33-35-38-36(37)34-32-30-28-26-24-22-20-18-16-14-12-10-8-6-4-2/h11,13-14,16-17,19H,3-10,12,15,18,20-35H2,1-2H3/b13-11-,16-14+,19-17-. The van der Waals surface area contributed by atoms with Gasteiger partial charge in [-0.2, -0.15) is 0 Å². The molecule has 0 heterocycles. The zero-order valence-corrected chi connectivity index (χ0v) is 25.9. The first-order valence-electron chi connectivity index (χ1n) is 16.9. The molecule has 0 aromatic rings. The van der Waals surface area contributed by atoms with Crippen molar-refractivity contribution in [3.63, 3.8) is 0 Å². The minimum absolute atomic E-state index is 0.00840. The quantitative estimate of drug-likeness (QED) is 0.0524. The van der Waals surface area contributed by atoms with Gasteiger partial charge in [0, 0.05) is 6.42 Å². The number of carbonyl (C=O) groups excluding carboxylic acids is 1. The number of esters is 1. The van der Waals surface area contributed by atoms with E-state index in [0.717, 1.165) is 25.7 Å². The summed E-state index contributed by atoms with van der Waals surface area (Å²) in [6, 6.07) is 0. The van der Waals surface area contributed by atoms with Crippen molar-refractivity contribution in [3.05, 3.63) is 36.5 Å². The second-order valence-corrected chi connectivity index (χ2v) is 11.1. The molecule has 0 amide bonds. The molecule has 0 aliphatic carbocycles. The number of unbranched alkanes of at least 4 members (excludes halogenated alkanes) is 20. The van der Waals surface area contributed by atoms with Gasteiger partial charge in [-0.3, -0.25) is 4.79 Å². The lowest BCUT2D eigenvalue weighted by Gasteiger charge is -2.05. The molecule has 0 unspecified atom stereocenters. The lowest BCUT2D eigenvalue weighted by Crippen LogP contribution is -2.05. The summed E-state index contributed by atoms with van der Waals surface area (Å²) in [5, 5.41) is 0. The first kappa shape index (κ1) is 36.7. The number of ether oxygens (including phenoxy) is 1. The fourth-order valence-electron chi connectivity index (χ4n) is 4.69. The minimum Gasteiger partial charge on any atom is -0.466 e. The van der Waals surface area contributed by atoms with E-state index in [2.05, 4.69) is 50.3 Å². The molecular formula is C36H66O2. The van der Waals surface area contributed by atoms with Crippen LogP contribution in [-0.2, 0) is 9.53 Å². The van der Waals surface area contributed by atoms with E-state index < -0.39 is 0 Å². The summed E-state index contributed by atoms with van der Waals surface area (Å²) in [5.41, 5.74) is 0. The third-order valence-corrected chi connectivity index (χ3v) is 7.25. The van der Waals surface area contributed by atoms with E-state index in [1.165, 1.54) is 135 Å². The Morgan fingerprint density at radius 1 is 0.447 bits per heavy atom. The fraction of sp³-hybridized carbons (Fsp3) is 0.806. The zero-order valence-electron chi connectivity index (χ0n) is 25.9. The van der Waals surface area contributed by atoms with E-state index in [-0.39, 0.29) is 5.97 Å². The highest BCUT2D eigenvalue weighted by atomic mass is 16.5. The SMILES string of the molecule is CCCCC/C=C\C/C=C\CCCCCCCCOC(=O)CCCCCCCCC/C=C/CCCCCC. The molecule has 0 rings (SSSR count). The van der Waals surface area contributed by atoms with Crippen LogP contribution in [0.3, 0.4) is 0 Å². The normalized spacial score (nSPS) is 11.9. The Hall–Kier alpha value is -1.31. The van der Waals surface area contributed by atoms with Crippen molar-refractivity contribution >= 4 is 5.97 Å². The van der Waals surface area contributed by atoms with E-state index in [9.17, 15) is 4.79 Å². The van der Waals surface area contributed by atoms with E-state index in [1.807, 2.05) is 0 Å². The molecule has 222 valence electrons. The number of allylic oxidation sites excluding steroid dienone is 6. The summed E-state index contributed by atoms with van der Waals surface area (Å²) in [6.45, 7) is 5.14. The van der Waals surface area contributed by atoms with Crippen LogP contribution >= 0.6 is 0 Å². The van der Waals surface area contributed by atoms with Crippen LogP contribution < -0.4 is 0 Å².